The Morgan fingerprint density at radius 2 is 2.15 bits per heavy atom. The molecule has 20 heavy (non-hydrogen) atoms. The van der Waals surface area contributed by atoms with Crippen molar-refractivity contribution in [3.05, 3.63) is 23.3 Å². The molecule has 0 aliphatic carbocycles. The summed E-state index contributed by atoms with van der Waals surface area (Å²) in [6.07, 6.45) is 3.10. The Labute approximate surface area is 117 Å². The number of benzene rings is 1. The lowest BCUT2D eigenvalue weighted by molar-refractivity contribution is 0.367. The molecule has 1 saturated heterocycles. The molecular weight excluding hydrogens is 288 g/mol. The van der Waals surface area contributed by atoms with Gasteiger partial charge in [-0.1, -0.05) is 0 Å². The lowest BCUT2D eigenvalue weighted by Gasteiger charge is -2.16. The maximum atomic E-state index is 14.2. The number of sulfone groups is 1. The zero-order valence-electron chi connectivity index (χ0n) is 11.4. The number of nitrogens with one attached hydrogen (secondary N) is 1. The Balaban J connectivity index is 2.48. The summed E-state index contributed by atoms with van der Waals surface area (Å²) in [5.74, 6) is -2.41. The van der Waals surface area contributed by atoms with Crippen LogP contribution in [0.15, 0.2) is 11.0 Å². The maximum Gasteiger partial charge on any atom is 0.186 e. The number of methoxy groups -OCH3 is 1. The molecule has 1 aromatic carbocycles. The normalized spacial score (nSPS) is 19.3. The average Bonchev–Trinajstić information content (AvgIpc) is 2.79. The molecule has 1 fully saturated rings. The minimum atomic E-state index is -3.99. The van der Waals surface area contributed by atoms with E-state index < -0.39 is 26.4 Å². The Morgan fingerprint density at radius 3 is 2.65 bits per heavy atom. The predicted molar refractivity (Wildman–Crippen MR) is 70.7 cm³/mol. The van der Waals surface area contributed by atoms with Crippen molar-refractivity contribution < 1.29 is 21.9 Å². The van der Waals surface area contributed by atoms with Crippen molar-refractivity contribution in [3.8, 4) is 5.75 Å². The van der Waals surface area contributed by atoms with Crippen LogP contribution in [-0.2, 0) is 16.3 Å². The third-order valence-corrected chi connectivity index (χ3v) is 4.53. The zero-order valence-corrected chi connectivity index (χ0v) is 12.2. The molecule has 112 valence electrons. The summed E-state index contributed by atoms with van der Waals surface area (Å²) in [5, 5.41) is 3.22. The summed E-state index contributed by atoms with van der Waals surface area (Å²) in [5.41, 5.74) is 0.342. The lowest BCUT2D eigenvalue weighted by Crippen LogP contribution is -2.24. The minimum Gasteiger partial charge on any atom is -0.493 e. The van der Waals surface area contributed by atoms with Crippen LogP contribution in [0.1, 0.15) is 18.4 Å². The van der Waals surface area contributed by atoms with Crippen LogP contribution >= 0.6 is 0 Å². The van der Waals surface area contributed by atoms with E-state index in [1.54, 1.807) is 0 Å². The second-order valence-corrected chi connectivity index (χ2v) is 6.92. The van der Waals surface area contributed by atoms with Crippen molar-refractivity contribution in [1.82, 2.24) is 5.32 Å². The first-order valence-corrected chi connectivity index (χ1v) is 8.22. The summed E-state index contributed by atoms with van der Waals surface area (Å²) in [7, 11) is -2.74. The van der Waals surface area contributed by atoms with E-state index in [2.05, 4.69) is 5.32 Å². The third-order valence-electron chi connectivity index (χ3n) is 3.41. The van der Waals surface area contributed by atoms with Crippen LogP contribution in [0.2, 0.25) is 0 Å². The van der Waals surface area contributed by atoms with E-state index in [-0.39, 0.29) is 11.8 Å². The standard InChI is InChI=1S/C13H17F2NO3S/c1-19-12-8(6-9-4-3-5-16-9)7-10(14)13(11(12)15)20(2,17)18/h7,9,16H,3-6H2,1-2H3. The third kappa shape index (κ3) is 2.93. The van der Waals surface area contributed by atoms with Gasteiger partial charge in [-0.25, -0.2) is 17.2 Å². The molecule has 1 aromatic rings. The number of ether oxygens (including phenoxy) is 1. The second-order valence-electron chi connectivity index (χ2n) is 4.96. The van der Waals surface area contributed by atoms with Crippen molar-refractivity contribution in [1.29, 1.82) is 0 Å². The molecule has 0 radical (unpaired) electrons. The van der Waals surface area contributed by atoms with Gasteiger partial charge >= 0.3 is 0 Å². The van der Waals surface area contributed by atoms with Gasteiger partial charge in [0.25, 0.3) is 0 Å². The molecule has 1 aliphatic heterocycles. The van der Waals surface area contributed by atoms with Gasteiger partial charge in [0, 0.05) is 17.9 Å². The molecule has 1 heterocycles. The van der Waals surface area contributed by atoms with Crippen LogP contribution in [0.25, 0.3) is 0 Å². The van der Waals surface area contributed by atoms with E-state index in [4.69, 9.17) is 4.74 Å². The molecule has 0 saturated carbocycles. The fourth-order valence-electron chi connectivity index (χ4n) is 2.54. The Hall–Kier alpha value is -1.21. The van der Waals surface area contributed by atoms with E-state index in [9.17, 15) is 17.2 Å². The summed E-state index contributed by atoms with van der Waals surface area (Å²) >= 11 is 0. The van der Waals surface area contributed by atoms with Gasteiger partial charge in [-0.15, -0.1) is 0 Å². The van der Waals surface area contributed by atoms with Crippen LogP contribution in [0.5, 0.6) is 5.75 Å². The topological polar surface area (TPSA) is 55.4 Å². The number of halogens is 2. The molecule has 4 nitrogen and oxygen atoms in total. The van der Waals surface area contributed by atoms with Crippen molar-refractivity contribution >= 4 is 9.84 Å². The first-order valence-electron chi connectivity index (χ1n) is 6.33. The molecule has 2 rings (SSSR count). The van der Waals surface area contributed by atoms with Crippen LogP contribution in [0.3, 0.4) is 0 Å². The minimum absolute atomic E-state index is 0.131. The van der Waals surface area contributed by atoms with Crippen molar-refractivity contribution in [2.45, 2.75) is 30.2 Å². The van der Waals surface area contributed by atoms with Gasteiger partial charge in [0.05, 0.1) is 7.11 Å². The molecule has 1 unspecified atom stereocenters. The summed E-state index contributed by atoms with van der Waals surface area (Å²) in [6.45, 7) is 0.874. The quantitative estimate of drug-likeness (QED) is 0.919. The molecule has 0 amide bonds. The fourth-order valence-corrected chi connectivity index (χ4v) is 3.37. The highest BCUT2D eigenvalue weighted by Crippen LogP contribution is 2.32. The van der Waals surface area contributed by atoms with E-state index in [1.165, 1.54) is 7.11 Å². The van der Waals surface area contributed by atoms with Crippen LogP contribution in [-0.4, -0.2) is 34.4 Å². The predicted octanol–water partition coefficient (Wildman–Crippen LogP) is 1.67. The van der Waals surface area contributed by atoms with Crippen LogP contribution in [0, 0.1) is 11.6 Å². The smallest absolute Gasteiger partial charge is 0.186 e. The first kappa shape index (κ1) is 15.2. The average molecular weight is 305 g/mol. The summed E-state index contributed by atoms with van der Waals surface area (Å²) in [4.78, 5) is -0.933. The largest absolute Gasteiger partial charge is 0.493 e. The molecule has 0 aromatic heterocycles. The highest BCUT2D eigenvalue weighted by atomic mass is 32.2. The molecule has 7 heteroatoms. The van der Waals surface area contributed by atoms with Crippen molar-refractivity contribution in [3.63, 3.8) is 0 Å². The summed E-state index contributed by atoms with van der Waals surface area (Å²) < 4.78 is 55.9. The first-order chi connectivity index (χ1) is 9.34. The lowest BCUT2D eigenvalue weighted by atomic mass is 10.0. The number of rotatable bonds is 4. The highest BCUT2D eigenvalue weighted by molar-refractivity contribution is 7.90. The van der Waals surface area contributed by atoms with E-state index in [0.717, 1.165) is 31.7 Å². The van der Waals surface area contributed by atoms with Gasteiger partial charge in [0.2, 0.25) is 0 Å². The van der Waals surface area contributed by atoms with Gasteiger partial charge in [0.15, 0.2) is 21.4 Å². The highest BCUT2D eigenvalue weighted by Gasteiger charge is 2.27. The molecule has 0 bridgehead atoms. The van der Waals surface area contributed by atoms with Gasteiger partial charge in [-0.3, -0.25) is 0 Å². The molecule has 1 aliphatic rings. The zero-order chi connectivity index (χ0) is 14.9. The fraction of sp³-hybridized carbons (Fsp3) is 0.538. The molecule has 0 spiro atoms. The maximum absolute atomic E-state index is 14.2. The van der Waals surface area contributed by atoms with Gasteiger partial charge < -0.3 is 10.1 Å². The van der Waals surface area contributed by atoms with E-state index in [0.29, 0.717) is 12.0 Å². The van der Waals surface area contributed by atoms with Gasteiger partial charge in [-0.05, 0) is 31.9 Å². The monoisotopic (exact) mass is 305 g/mol. The molecular formula is C13H17F2NO3S. The summed E-state index contributed by atoms with van der Waals surface area (Å²) in [6, 6.07) is 1.19. The van der Waals surface area contributed by atoms with Gasteiger partial charge in [-0.2, -0.15) is 0 Å². The SMILES string of the molecule is COc1c(CC2CCCN2)cc(F)c(S(C)(=O)=O)c1F. The molecule has 1 N–H and O–H groups in total. The van der Waals surface area contributed by atoms with Crippen molar-refractivity contribution in [2.24, 2.45) is 0 Å². The number of hydrogen-bond acceptors (Lipinski definition) is 4. The van der Waals surface area contributed by atoms with Crippen molar-refractivity contribution in [2.75, 3.05) is 19.9 Å². The van der Waals surface area contributed by atoms with Crippen LogP contribution < -0.4 is 10.1 Å². The Kier molecular flexibility index (Phi) is 4.29. The molecule has 1 atom stereocenters. The number of hydrogen-bond donors (Lipinski definition) is 1. The van der Waals surface area contributed by atoms with E-state index >= 15 is 0 Å². The second kappa shape index (κ2) is 5.65. The van der Waals surface area contributed by atoms with Gasteiger partial charge in [0.1, 0.15) is 10.7 Å². The Bertz CT molecular complexity index is 611. The van der Waals surface area contributed by atoms with E-state index in [1.807, 2.05) is 0 Å². The Morgan fingerprint density at radius 1 is 1.45 bits per heavy atom. The van der Waals surface area contributed by atoms with Crippen LogP contribution in [0.4, 0.5) is 8.78 Å².